The Hall–Kier alpha value is -4.09. The SMILES string of the molecule is Cc1ccccc1OCc1nnc(SCC(=O)NCc2ccc(C#N)cc2)n1-c1ccccc1. The lowest BCUT2D eigenvalue weighted by Gasteiger charge is -2.12. The lowest BCUT2D eigenvalue weighted by molar-refractivity contribution is -0.118. The first kappa shape index (κ1) is 23.1. The predicted molar refractivity (Wildman–Crippen MR) is 131 cm³/mol. The fourth-order valence-corrected chi connectivity index (χ4v) is 4.06. The zero-order chi connectivity index (χ0) is 23.8. The number of para-hydroxylation sites is 2. The van der Waals surface area contributed by atoms with Crippen LogP contribution in [-0.2, 0) is 17.9 Å². The lowest BCUT2D eigenvalue weighted by Crippen LogP contribution is -2.24. The number of carbonyl (C=O) groups is 1. The summed E-state index contributed by atoms with van der Waals surface area (Å²) in [5, 5.41) is 21.1. The van der Waals surface area contributed by atoms with Gasteiger partial charge in [0.25, 0.3) is 0 Å². The van der Waals surface area contributed by atoms with E-state index in [1.54, 1.807) is 12.1 Å². The standard InChI is InChI=1S/C26H23N5O2S/c1-19-7-5-6-10-23(19)33-17-24-29-30-26(31(24)22-8-3-2-4-9-22)34-18-25(32)28-16-21-13-11-20(15-27)12-14-21/h2-14H,16-18H2,1H3,(H,28,32). The van der Waals surface area contributed by atoms with Gasteiger partial charge in [-0.2, -0.15) is 5.26 Å². The number of hydrogen-bond donors (Lipinski definition) is 1. The summed E-state index contributed by atoms with van der Waals surface area (Å²) in [6.07, 6.45) is 0. The molecule has 0 fully saturated rings. The van der Waals surface area contributed by atoms with E-state index < -0.39 is 0 Å². The van der Waals surface area contributed by atoms with Gasteiger partial charge in [-0.3, -0.25) is 9.36 Å². The second-order valence-electron chi connectivity index (χ2n) is 7.50. The van der Waals surface area contributed by atoms with Crippen LogP contribution in [0.15, 0.2) is 84.0 Å². The van der Waals surface area contributed by atoms with Crippen LogP contribution in [-0.4, -0.2) is 26.4 Å². The van der Waals surface area contributed by atoms with E-state index in [2.05, 4.69) is 21.6 Å². The number of thioether (sulfide) groups is 1. The Morgan fingerprint density at radius 3 is 2.50 bits per heavy atom. The van der Waals surface area contributed by atoms with Crippen molar-refractivity contribution in [1.29, 1.82) is 5.26 Å². The van der Waals surface area contributed by atoms with E-state index in [0.29, 0.717) is 23.1 Å². The van der Waals surface area contributed by atoms with Crippen LogP contribution in [0.25, 0.3) is 5.69 Å². The molecule has 8 heteroatoms. The summed E-state index contributed by atoms with van der Waals surface area (Å²) < 4.78 is 7.91. The molecule has 0 bridgehead atoms. The number of amides is 1. The zero-order valence-electron chi connectivity index (χ0n) is 18.6. The van der Waals surface area contributed by atoms with E-state index in [0.717, 1.165) is 22.6 Å². The molecular weight excluding hydrogens is 446 g/mol. The number of nitrogens with zero attached hydrogens (tertiary/aromatic N) is 4. The monoisotopic (exact) mass is 469 g/mol. The largest absolute Gasteiger partial charge is 0.485 e. The molecule has 170 valence electrons. The van der Waals surface area contributed by atoms with E-state index in [1.807, 2.05) is 78.2 Å². The van der Waals surface area contributed by atoms with Crippen LogP contribution in [0.5, 0.6) is 5.75 Å². The zero-order valence-corrected chi connectivity index (χ0v) is 19.5. The van der Waals surface area contributed by atoms with E-state index in [4.69, 9.17) is 10.00 Å². The van der Waals surface area contributed by atoms with Crippen molar-refractivity contribution in [3.05, 3.63) is 101 Å². The van der Waals surface area contributed by atoms with Crippen LogP contribution < -0.4 is 10.1 Å². The van der Waals surface area contributed by atoms with Crippen LogP contribution in [0.1, 0.15) is 22.5 Å². The van der Waals surface area contributed by atoms with Gasteiger partial charge in [-0.15, -0.1) is 10.2 Å². The fourth-order valence-electron chi connectivity index (χ4n) is 3.26. The third-order valence-electron chi connectivity index (χ3n) is 5.07. The molecule has 4 rings (SSSR count). The molecule has 0 unspecified atom stereocenters. The third kappa shape index (κ3) is 5.82. The fraction of sp³-hybridized carbons (Fsp3) is 0.154. The number of benzene rings is 3. The minimum Gasteiger partial charge on any atom is -0.485 e. The highest BCUT2D eigenvalue weighted by atomic mass is 32.2. The number of hydrogen-bond acceptors (Lipinski definition) is 6. The number of nitrogens with one attached hydrogen (secondary N) is 1. The molecule has 0 saturated carbocycles. The second-order valence-corrected chi connectivity index (χ2v) is 8.44. The van der Waals surface area contributed by atoms with Crippen LogP contribution >= 0.6 is 11.8 Å². The number of nitriles is 1. The summed E-state index contributed by atoms with van der Waals surface area (Å²) in [5.74, 6) is 1.52. The van der Waals surface area contributed by atoms with Crippen molar-refractivity contribution in [3.8, 4) is 17.5 Å². The van der Waals surface area contributed by atoms with Gasteiger partial charge in [0.05, 0.1) is 17.4 Å². The van der Waals surface area contributed by atoms with Crippen LogP contribution in [0.3, 0.4) is 0 Å². The Bertz CT molecular complexity index is 1300. The van der Waals surface area contributed by atoms with Gasteiger partial charge in [0, 0.05) is 12.2 Å². The number of ether oxygens (including phenoxy) is 1. The summed E-state index contributed by atoms with van der Waals surface area (Å²) >= 11 is 1.32. The number of aryl methyl sites for hydroxylation is 1. The average molecular weight is 470 g/mol. The quantitative estimate of drug-likeness (QED) is 0.365. The summed E-state index contributed by atoms with van der Waals surface area (Å²) in [6, 6.07) is 26.8. The molecule has 34 heavy (non-hydrogen) atoms. The van der Waals surface area contributed by atoms with Gasteiger partial charge >= 0.3 is 0 Å². The van der Waals surface area contributed by atoms with Gasteiger partial charge < -0.3 is 10.1 Å². The smallest absolute Gasteiger partial charge is 0.230 e. The molecule has 0 spiro atoms. The van der Waals surface area contributed by atoms with Crippen molar-refractivity contribution in [2.24, 2.45) is 0 Å². The molecule has 1 aromatic heterocycles. The summed E-state index contributed by atoms with van der Waals surface area (Å²) in [4.78, 5) is 12.4. The van der Waals surface area contributed by atoms with Gasteiger partial charge in [0.2, 0.25) is 5.91 Å². The van der Waals surface area contributed by atoms with Crippen LogP contribution in [0, 0.1) is 18.3 Å². The highest BCUT2D eigenvalue weighted by Crippen LogP contribution is 2.24. The highest BCUT2D eigenvalue weighted by molar-refractivity contribution is 7.99. The molecule has 1 heterocycles. The van der Waals surface area contributed by atoms with E-state index >= 15 is 0 Å². The normalized spacial score (nSPS) is 10.5. The molecule has 1 amide bonds. The minimum absolute atomic E-state index is 0.116. The molecule has 0 aliphatic carbocycles. The van der Waals surface area contributed by atoms with Gasteiger partial charge in [-0.1, -0.05) is 60.3 Å². The Labute approximate surface area is 202 Å². The first-order valence-electron chi connectivity index (χ1n) is 10.7. The maximum absolute atomic E-state index is 12.4. The Kier molecular flexibility index (Phi) is 7.58. The average Bonchev–Trinajstić information content (AvgIpc) is 3.29. The van der Waals surface area contributed by atoms with Gasteiger partial charge in [0.15, 0.2) is 11.0 Å². The van der Waals surface area contributed by atoms with Crippen molar-refractivity contribution in [3.63, 3.8) is 0 Å². The summed E-state index contributed by atoms with van der Waals surface area (Å²) in [7, 11) is 0. The van der Waals surface area contributed by atoms with Gasteiger partial charge in [-0.05, 0) is 48.4 Å². The summed E-state index contributed by atoms with van der Waals surface area (Å²) in [6.45, 7) is 2.64. The maximum atomic E-state index is 12.4. The molecule has 0 saturated heterocycles. The molecule has 0 aliphatic rings. The van der Waals surface area contributed by atoms with E-state index in [9.17, 15) is 4.79 Å². The molecule has 3 aromatic carbocycles. The number of aromatic nitrogens is 3. The van der Waals surface area contributed by atoms with Crippen molar-refractivity contribution >= 4 is 17.7 Å². The lowest BCUT2D eigenvalue weighted by atomic mass is 10.1. The van der Waals surface area contributed by atoms with E-state index in [-0.39, 0.29) is 18.3 Å². The Morgan fingerprint density at radius 2 is 1.76 bits per heavy atom. The Morgan fingerprint density at radius 1 is 1.03 bits per heavy atom. The number of rotatable bonds is 9. The molecule has 7 nitrogen and oxygen atoms in total. The minimum atomic E-state index is -0.116. The summed E-state index contributed by atoms with van der Waals surface area (Å²) in [5.41, 5.74) is 3.46. The second kappa shape index (κ2) is 11.2. The molecular formula is C26H23N5O2S. The maximum Gasteiger partial charge on any atom is 0.230 e. The van der Waals surface area contributed by atoms with Crippen molar-refractivity contribution in [1.82, 2.24) is 20.1 Å². The first-order valence-corrected chi connectivity index (χ1v) is 11.7. The molecule has 0 aliphatic heterocycles. The van der Waals surface area contributed by atoms with Gasteiger partial charge in [-0.25, -0.2) is 0 Å². The molecule has 0 radical (unpaired) electrons. The van der Waals surface area contributed by atoms with Gasteiger partial charge in [0.1, 0.15) is 12.4 Å². The van der Waals surface area contributed by atoms with Crippen LogP contribution in [0.2, 0.25) is 0 Å². The Balaban J connectivity index is 1.43. The molecule has 1 N–H and O–H groups in total. The van der Waals surface area contributed by atoms with E-state index in [1.165, 1.54) is 11.8 Å². The number of carbonyl (C=O) groups excluding carboxylic acids is 1. The molecule has 0 atom stereocenters. The predicted octanol–water partition coefficient (Wildman–Crippen LogP) is 4.43. The van der Waals surface area contributed by atoms with Crippen molar-refractivity contribution in [2.75, 3.05) is 5.75 Å². The van der Waals surface area contributed by atoms with Crippen molar-refractivity contribution < 1.29 is 9.53 Å². The van der Waals surface area contributed by atoms with Crippen molar-refractivity contribution in [2.45, 2.75) is 25.2 Å². The molecule has 4 aromatic rings. The first-order chi connectivity index (χ1) is 16.6. The van der Waals surface area contributed by atoms with Crippen LogP contribution in [0.4, 0.5) is 0 Å². The topological polar surface area (TPSA) is 92.8 Å². The highest BCUT2D eigenvalue weighted by Gasteiger charge is 2.16. The third-order valence-corrected chi connectivity index (χ3v) is 6.00.